The van der Waals surface area contributed by atoms with Crippen LogP contribution in [0.1, 0.15) is 22.3 Å². The van der Waals surface area contributed by atoms with Gasteiger partial charge in [0.2, 0.25) is 0 Å². The summed E-state index contributed by atoms with van der Waals surface area (Å²) >= 11 is 3.52. The number of hydrazone groups is 1. The molecule has 212 valence electrons. The van der Waals surface area contributed by atoms with Crippen LogP contribution < -0.4 is 19.2 Å². The molecule has 0 saturated heterocycles. The van der Waals surface area contributed by atoms with E-state index < -0.39 is 22.5 Å². The summed E-state index contributed by atoms with van der Waals surface area (Å²) in [5, 5.41) is 4.04. The predicted molar refractivity (Wildman–Crippen MR) is 164 cm³/mol. The topological polar surface area (TPSA) is 97.3 Å². The van der Waals surface area contributed by atoms with Gasteiger partial charge in [-0.05, 0) is 77.3 Å². The van der Waals surface area contributed by atoms with Gasteiger partial charge < -0.3 is 9.47 Å². The molecule has 0 spiro atoms. The summed E-state index contributed by atoms with van der Waals surface area (Å²) in [6.45, 7) is 3.80. The fourth-order valence-corrected chi connectivity index (χ4v) is 5.88. The van der Waals surface area contributed by atoms with Crippen LogP contribution in [-0.4, -0.2) is 34.2 Å². The molecule has 0 radical (unpaired) electrons. The molecule has 8 nitrogen and oxygen atoms in total. The number of aryl methyl sites for hydroxylation is 2. The van der Waals surface area contributed by atoms with Crippen LogP contribution in [-0.2, 0) is 21.4 Å². The molecule has 4 aromatic rings. The normalized spacial score (nSPS) is 11.3. The second-order valence-corrected chi connectivity index (χ2v) is 12.0. The highest BCUT2D eigenvalue weighted by atomic mass is 79.9. The van der Waals surface area contributed by atoms with Crippen molar-refractivity contribution in [3.63, 3.8) is 0 Å². The number of nitrogens with zero attached hydrogens (tertiary/aromatic N) is 2. The van der Waals surface area contributed by atoms with E-state index in [-0.39, 0.29) is 4.90 Å². The van der Waals surface area contributed by atoms with Crippen molar-refractivity contribution >= 4 is 43.8 Å². The molecule has 0 fully saturated rings. The molecular weight excluding hydrogens is 606 g/mol. The number of amides is 1. The van der Waals surface area contributed by atoms with E-state index >= 15 is 0 Å². The fourth-order valence-electron chi connectivity index (χ4n) is 3.89. The van der Waals surface area contributed by atoms with Gasteiger partial charge in [0, 0.05) is 0 Å². The zero-order chi connectivity index (χ0) is 29.4. The van der Waals surface area contributed by atoms with E-state index in [1.807, 2.05) is 38.1 Å². The first-order valence-electron chi connectivity index (χ1n) is 12.7. The minimum absolute atomic E-state index is 0.0879. The van der Waals surface area contributed by atoms with Gasteiger partial charge in [0.1, 0.15) is 13.2 Å². The molecule has 0 saturated carbocycles. The number of nitrogens with one attached hydrogen (secondary N) is 1. The quantitative estimate of drug-likeness (QED) is 0.161. The summed E-state index contributed by atoms with van der Waals surface area (Å²) < 4.78 is 40.1. The molecular formula is C31H30BrN3O5S. The first-order chi connectivity index (χ1) is 19.7. The van der Waals surface area contributed by atoms with Crippen molar-refractivity contribution in [3.05, 3.63) is 118 Å². The minimum atomic E-state index is -4.01. The first-order valence-corrected chi connectivity index (χ1v) is 14.9. The number of ether oxygens (including phenoxy) is 2. The smallest absolute Gasteiger partial charge is 0.264 e. The minimum Gasteiger partial charge on any atom is -0.493 e. The van der Waals surface area contributed by atoms with E-state index in [1.54, 1.807) is 54.6 Å². The lowest BCUT2D eigenvalue weighted by Crippen LogP contribution is -2.39. The van der Waals surface area contributed by atoms with Gasteiger partial charge in [-0.25, -0.2) is 13.8 Å². The number of rotatable bonds is 11. The van der Waals surface area contributed by atoms with Crippen molar-refractivity contribution < 1.29 is 22.7 Å². The lowest BCUT2D eigenvalue weighted by molar-refractivity contribution is -0.119. The number of anilines is 1. The lowest BCUT2D eigenvalue weighted by atomic mass is 10.2. The van der Waals surface area contributed by atoms with Crippen LogP contribution in [0.4, 0.5) is 5.69 Å². The average molecular weight is 637 g/mol. The zero-order valence-corrected chi connectivity index (χ0v) is 25.3. The summed E-state index contributed by atoms with van der Waals surface area (Å²) in [6.07, 6.45) is 1.44. The van der Waals surface area contributed by atoms with Crippen molar-refractivity contribution in [2.75, 3.05) is 18.0 Å². The van der Waals surface area contributed by atoms with Gasteiger partial charge in [-0.3, -0.25) is 9.10 Å². The number of hydrogen-bond acceptors (Lipinski definition) is 6. The van der Waals surface area contributed by atoms with Crippen molar-refractivity contribution in [2.45, 2.75) is 25.3 Å². The lowest BCUT2D eigenvalue weighted by Gasteiger charge is -2.23. The zero-order valence-electron chi connectivity index (χ0n) is 22.9. The number of methoxy groups -OCH3 is 1. The molecule has 4 aromatic carbocycles. The van der Waals surface area contributed by atoms with Crippen LogP contribution >= 0.6 is 15.9 Å². The SMILES string of the molecule is COc1cc(/C=N\NC(=O)CN(c2ccccc2)S(=O)(=O)c2ccc(C)cc2)cc(Br)c1OCc1ccc(C)cc1. The Labute approximate surface area is 248 Å². The number of para-hydroxylation sites is 1. The molecule has 0 bridgehead atoms. The standard InChI is InChI=1S/C31H30BrN3O5S/c1-22-9-13-24(14-10-22)21-40-31-28(32)17-25(18-29(31)39-3)19-33-34-30(36)20-35(26-7-5-4-6-8-26)41(37,38)27-15-11-23(2)12-16-27/h4-19H,20-21H2,1-3H3,(H,34,36)/b33-19-. The second kappa shape index (κ2) is 13.5. The molecule has 0 aliphatic rings. The van der Waals surface area contributed by atoms with Gasteiger partial charge in [-0.1, -0.05) is 65.7 Å². The van der Waals surface area contributed by atoms with E-state index in [2.05, 4.69) is 26.5 Å². The molecule has 41 heavy (non-hydrogen) atoms. The van der Waals surface area contributed by atoms with Crippen LogP contribution in [0, 0.1) is 13.8 Å². The van der Waals surface area contributed by atoms with Gasteiger partial charge >= 0.3 is 0 Å². The maximum atomic E-state index is 13.5. The Morgan fingerprint density at radius 2 is 1.59 bits per heavy atom. The Morgan fingerprint density at radius 3 is 2.22 bits per heavy atom. The third-order valence-corrected chi connectivity index (χ3v) is 8.48. The molecule has 0 aromatic heterocycles. The van der Waals surface area contributed by atoms with Gasteiger partial charge in [-0.15, -0.1) is 0 Å². The van der Waals surface area contributed by atoms with Crippen LogP contribution in [0.15, 0.2) is 105 Å². The Bertz CT molecular complexity index is 1630. The maximum absolute atomic E-state index is 13.5. The van der Waals surface area contributed by atoms with Crippen molar-refractivity contribution in [2.24, 2.45) is 5.10 Å². The van der Waals surface area contributed by atoms with E-state index in [0.717, 1.165) is 15.4 Å². The second-order valence-electron chi connectivity index (χ2n) is 9.26. The summed E-state index contributed by atoms with van der Waals surface area (Å²) in [5.41, 5.74) is 6.53. The molecule has 1 amide bonds. The van der Waals surface area contributed by atoms with Gasteiger partial charge in [0.05, 0.1) is 28.4 Å². The van der Waals surface area contributed by atoms with E-state index in [1.165, 1.54) is 31.0 Å². The number of sulfonamides is 1. The molecule has 0 atom stereocenters. The summed E-state index contributed by atoms with van der Waals surface area (Å²) in [6, 6.07) is 26.5. The third kappa shape index (κ3) is 7.74. The monoisotopic (exact) mass is 635 g/mol. The molecule has 0 aliphatic carbocycles. The van der Waals surface area contributed by atoms with Gasteiger partial charge in [0.15, 0.2) is 11.5 Å². The molecule has 0 unspecified atom stereocenters. The van der Waals surface area contributed by atoms with Gasteiger partial charge in [-0.2, -0.15) is 5.10 Å². The largest absolute Gasteiger partial charge is 0.493 e. The predicted octanol–water partition coefficient (Wildman–Crippen LogP) is 6.00. The van der Waals surface area contributed by atoms with E-state index in [9.17, 15) is 13.2 Å². The average Bonchev–Trinajstić information content (AvgIpc) is 2.96. The summed E-state index contributed by atoms with van der Waals surface area (Å²) in [5.74, 6) is 0.414. The Kier molecular flexibility index (Phi) is 9.80. The van der Waals surface area contributed by atoms with Crippen molar-refractivity contribution in [3.8, 4) is 11.5 Å². The van der Waals surface area contributed by atoms with E-state index in [4.69, 9.17) is 9.47 Å². The first kappa shape index (κ1) is 29.8. The molecule has 1 N–H and O–H groups in total. The Morgan fingerprint density at radius 1 is 0.951 bits per heavy atom. The molecule has 0 heterocycles. The molecule has 0 aliphatic heterocycles. The van der Waals surface area contributed by atoms with Crippen molar-refractivity contribution in [1.29, 1.82) is 0 Å². The van der Waals surface area contributed by atoms with Crippen LogP contribution in [0.2, 0.25) is 0 Å². The van der Waals surface area contributed by atoms with Gasteiger partial charge in [0.25, 0.3) is 15.9 Å². The number of carbonyl (C=O) groups excluding carboxylic acids is 1. The number of benzene rings is 4. The highest BCUT2D eigenvalue weighted by Crippen LogP contribution is 2.37. The highest BCUT2D eigenvalue weighted by molar-refractivity contribution is 9.10. The molecule has 10 heteroatoms. The van der Waals surface area contributed by atoms with Crippen LogP contribution in [0.25, 0.3) is 0 Å². The number of carbonyl (C=O) groups is 1. The van der Waals surface area contributed by atoms with Crippen LogP contribution in [0.3, 0.4) is 0 Å². The van der Waals surface area contributed by atoms with Crippen molar-refractivity contribution in [1.82, 2.24) is 5.43 Å². The van der Waals surface area contributed by atoms with E-state index in [0.29, 0.717) is 33.8 Å². The summed E-state index contributed by atoms with van der Waals surface area (Å²) in [7, 11) is -2.47. The highest BCUT2D eigenvalue weighted by Gasteiger charge is 2.27. The third-order valence-electron chi connectivity index (χ3n) is 6.10. The Hall–Kier alpha value is -4.15. The number of halogens is 1. The fraction of sp³-hybridized carbons (Fsp3) is 0.161. The molecule has 4 rings (SSSR count). The Balaban J connectivity index is 1.46. The van der Waals surface area contributed by atoms with Crippen LogP contribution in [0.5, 0.6) is 11.5 Å². The number of hydrogen-bond donors (Lipinski definition) is 1. The maximum Gasteiger partial charge on any atom is 0.264 e. The summed E-state index contributed by atoms with van der Waals surface area (Å²) in [4.78, 5) is 12.9.